The van der Waals surface area contributed by atoms with Gasteiger partial charge in [-0.1, -0.05) is 24.3 Å². The molecule has 1 aromatic heterocycles. The van der Waals surface area contributed by atoms with Gasteiger partial charge in [0.2, 0.25) is 0 Å². The normalized spacial score (nSPS) is 19.2. The van der Waals surface area contributed by atoms with E-state index in [1.54, 1.807) is 18.4 Å². The molecule has 5 nitrogen and oxygen atoms in total. The number of piperidine rings is 1. The second-order valence-corrected chi connectivity index (χ2v) is 8.90. The van der Waals surface area contributed by atoms with Crippen LogP contribution in [-0.2, 0) is 11.3 Å². The van der Waals surface area contributed by atoms with E-state index in [0.29, 0.717) is 19.0 Å². The van der Waals surface area contributed by atoms with E-state index in [1.165, 1.54) is 14.6 Å². The number of nitrogens with one attached hydrogen (secondary N) is 1. The molecule has 29 heavy (non-hydrogen) atoms. The number of amides is 1. The van der Waals surface area contributed by atoms with Crippen molar-refractivity contribution in [2.24, 2.45) is 0 Å². The summed E-state index contributed by atoms with van der Waals surface area (Å²) in [5, 5.41) is 1.22. The number of thiazole rings is 1. The van der Waals surface area contributed by atoms with Gasteiger partial charge in [-0.2, -0.15) is 0 Å². The van der Waals surface area contributed by atoms with Crippen LogP contribution in [0, 0.1) is 0 Å². The molecule has 1 unspecified atom stereocenters. The number of likely N-dealkylation sites (tertiary alicyclic amines) is 1. The van der Waals surface area contributed by atoms with Gasteiger partial charge in [0.05, 0.1) is 36.3 Å². The smallest absolute Gasteiger partial charge is 0.277 e. The topological polar surface area (TPSA) is 46.9 Å². The number of carbonyl (C=O) groups excluding carboxylic acids is 1. The molecular weight excluding hydrogens is 382 g/mol. The summed E-state index contributed by atoms with van der Waals surface area (Å²) in [5.41, 5.74) is 2.18. The molecule has 152 valence electrons. The standard InChI is InChI=1S/C23H27N3O2S/c1-25(14-17-7-5-9-19(13-17)28-2)22(27)16-26-12-6-8-18(15-26)23-24-20-10-3-4-11-21(20)29-23/h3-5,7,9-11,13,18H,6,8,12,14-16H2,1-2H3/p+1/t18-/m1/s1. The summed E-state index contributed by atoms with van der Waals surface area (Å²) in [6.07, 6.45) is 2.31. The molecule has 2 aromatic carbocycles. The van der Waals surface area contributed by atoms with Gasteiger partial charge in [-0.25, -0.2) is 4.98 Å². The number of hydrogen-bond acceptors (Lipinski definition) is 4. The van der Waals surface area contributed by atoms with Crippen LogP contribution in [-0.4, -0.2) is 49.6 Å². The van der Waals surface area contributed by atoms with Gasteiger partial charge in [-0.3, -0.25) is 4.79 Å². The summed E-state index contributed by atoms with van der Waals surface area (Å²) in [5.74, 6) is 1.46. The zero-order chi connectivity index (χ0) is 20.2. The number of benzene rings is 2. The second kappa shape index (κ2) is 8.93. The van der Waals surface area contributed by atoms with Gasteiger partial charge in [-0.05, 0) is 42.7 Å². The van der Waals surface area contributed by atoms with Gasteiger partial charge < -0.3 is 14.5 Å². The molecule has 0 aliphatic carbocycles. The Labute approximate surface area is 175 Å². The summed E-state index contributed by atoms with van der Waals surface area (Å²) in [6.45, 7) is 3.19. The minimum Gasteiger partial charge on any atom is -0.497 e. The predicted octanol–water partition coefficient (Wildman–Crippen LogP) is 2.73. The molecule has 1 fully saturated rings. The van der Waals surface area contributed by atoms with E-state index >= 15 is 0 Å². The van der Waals surface area contributed by atoms with E-state index in [9.17, 15) is 4.79 Å². The highest BCUT2D eigenvalue weighted by Gasteiger charge is 2.29. The highest BCUT2D eigenvalue weighted by atomic mass is 32.1. The van der Waals surface area contributed by atoms with Gasteiger partial charge >= 0.3 is 0 Å². The van der Waals surface area contributed by atoms with Crippen molar-refractivity contribution in [3.63, 3.8) is 0 Å². The Morgan fingerprint density at radius 1 is 1.28 bits per heavy atom. The van der Waals surface area contributed by atoms with Crippen molar-refractivity contribution in [3.8, 4) is 5.75 Å². The largest absolute Gasteiger partial charge is 0.497 e. The average Bonchev–Trinajstić information content (AvgIpc) is 3.18. The lowest BCUT2D eigenvalue weighted by Crippen LogP contribution is -3.14. The second-order valence-electron chi connectivity index (χ2n) is 7.84. The number of hydrogen-bond donors (Lipinski definition) is 1. The number of carbonyl (C=O) groups is 1. The molecule has 0 spiro atoms. The van der Waals surface area contributed by atoms with Crippen LogP contribution in [0.25, 0.3) is 10.2 Å². The Bertz CT molecular complexity index is 954. The summed E-state index contributed by atoms with van der Waals surface area (Å²) in [7, 11) is 3.55. The molecule has 1 aliphatic rings. The molecule has 1 amide bonds. The molecule has 2 atom stereocenters. The molecule has 0 saturated carbocycles. The SMILES string of the molecule is COc1cccc(CN(C)C(=O)C[NH+]2CCC[C@@H](c3nc4ccccc4s3)C2)c1. The van der Waals surface area contributed by atoms with Gasteiger partial charge in [0.1, 0.15) is 10.8 Å². The van der Waals surface area contributed by atoms with Crippen LogP contribution in [0.5, 0.6) is 5.75 Å². The maximum absolute atomic E-state index is 12.8. The van der Waals surface area contributed by atoms with Gasteiger partial charge in [0.25, 0.3) is 5.91 Å². The fourth-order valence-corrected chi connectivity index (χ4v) is 5.17. The van der Waals surface area contributed by atoms with Crippen molar-refractivity contribution >= 4 is 27.5 Å². The zero-order valence-corrected chi connectivity index (χ0v) is 17.9. The average molecular weight is 411 g/mol. The summed E-state index contributed by atoms with van der Waals surface area (Å²) >= 11 is 1.80. The summed E-state index contributed by atoms with van der Waals surface area (Å²) < 4.78 is 6.53. The molecule has 2 heterocycles. The van der Waals surface area contributed by atoms with E-state index < -0.39 is 0 Å². The van der Waals surface area contributed by atoms with Crippen LogP contribution in [0.3, 0.4) is 0 Å². The van der Waals surface area contributed by atoms with Gasteiger partial charge in [-0.15, -0.1) is 11.3 Å². The third-order valence-electron chi connectivity index (χ3n) is 5.66. The predicted molar refractivity (Wildman–Crippen MR) is 117 cm³/mol. The number of aromatic nitrogens is 1. The number of likely N-dealkylation sites (N-methyl/N-ethyl adjacent to an activating group) is 1. The fraction of sp³-hybridized carbons (Fsp3) is 0.391. The van der Waals surface area contributed by atoms with Crippen molar-refractivity contribution in [2.45, 2.75) is 25.3 Å². The zero-order valence-electron chi connectivity index (χ0n) is 17.1. The maximum Gasteiger partial charge on any atom is 0.277 e. The Balaban J connectivity index is 1.36. The lowest BCUT2D eigenvalue weighted by atomic mass is 9.98. The van der Waals surface area contributed by atoms with Gasteiger partial charge in [0.15, 0.2) is 6.54 Å². The first-order chi connectivity index (χ1) is 14.1. The first-order valence-electron chi connectivity index (χ1n) is 10.2. The Kier molecular flexibility index (Phi) is 6.11. The highest BCUT2D eigenvalue weighted by molar-refractivity contribution is 7.18. The van der Waals surface area contributed by atoms with Crippen molar-refractivity contribution in [1.29, 1.82) is 0 Å². The minimum atomic E-state index is 0.188. The Morgan fingerprint density at radius 3 is 2.97 bits per heavy atom. The molecule has 0 bridgehead atoms. The van der Waals surface area contributed by atoms with Crippen LogP contribution in [0.15, 0.2) is 48.5 Å². The molecule has 6 heteroatoms. The van der Waals surface area contributed by atoms with Crippen molar-refractivity contribution in [1.82, 2.24) is 9.88 Å². The third-order valence-corrected chi connectivity index (χ3v) is 6.86. The molecule has 1 N–H and O–H groups in total. The fourth-order valence-electron chi connectivity index (χ4n) is 4.07. The number of rotatable bonds is 6. The van der Waals surface area contributed by atoms with E-state index in [-0.39, 0.29) is 5.91 Å². The quantitative estimate of drug-likeness (QED) is 0.680. The van der Waals surface area contributed by atoms with Crippen LogP contribution in [0.4, 0.5) is 0 Å². The Hall–Kier alpha value is -2.44. The number of fused-ring (bicyclic) bond motifs is 1. The van der Waals surface area contributed by atoms with Crippen molar-refractivity contribution in [2.75, 3.05) is 33.8 Å². The highest BCUT2D eigenvalue weighted by Crippen LogP contribution is 2.30. The van der Waals surface area contributed by atoms with Gasteiger partial charge in [0, 0.05) is 13.6 Å². The Morgan fingerprint density at radius 2 is 2.14 bits per heavy atom. The summed E-state index contributed by atoms with van der Waals surface area (Å²) in [4.78, 5) is 20.9. The number of methoxy groups -OCH3 is 1. The van der Waals surface area contributed by atoms with Crippen molar-refractivity contribution < 1.29 is 14.4 Å². The van der Waals surface area contributed by atoms with Crippen LogP contribution in [0.2, 0.25) is 0 Å². The van der Waals surface area contributed by atoms with Crippen LogP contribution >= 0.6 is 11.3 Å². The molecule has 4 rings (SSSR count). The third kappa shape index (κ3) is 4.77. The van der Waals surface area contributed by atoms with E-state index in [1.807, 2.05) is 42.3 Å². The first-order valence-corrected chi connectivity index (χ1v) is 11.0. The number of quaternary nitrogens is 1. The first kappa shape index (κ1) is 19.9. The monoisotopic (exact) mass is 410 g/mol. The molecule has 3 aromatic rings. The molecular formula is C23H28N3O2S+. The van der Waals surface area contributed by atoms with Crippen LogP contribution in [0.1, 0.15) is 29.3 Å². The lowest BCUT2D eigenvalue weighted by Gasteiger charge is -2.29. The minimum absolute atomic E-state index is 0.188. The number of ether oxygens (including phenoxy) is 1. The van der Waals surface area contributed by atoms with E-state index in [4.69, 9.17) is 9.72 Å². The van der Waals surface area contributed by atoms with Crippen molar-refractivity contribution in [3.05, 3.63) is 59.1 Å². The molecule has 1 aliphatic heterocycles. The number of para-hydroxylation sites is 1. The lowest BCUT2D eigenvalue weighted by molar-refractivity contribution is -0.898. The summed E-state index contributed by atoms with van der Waals surface area (Å²) in [6, 6.07) is 16.2. The van der Waals surface area contributed by atoms with Crippen LogP contribution < -0.4 is 9.64 Å². The molecule has 0 radical (unpaired) electrons. The van der Waals surface area contributed by atoms with E-state index in [0.717, 1.165) is 42.8 Å². The van der Waals surface area contributed by atoms with E-state index in [2.05, 4.69) is 18.2 Å². The maximum atomic E-state index is 12.8. The number of nitrogens with zero attached hydrogens (tertiary/aromatic N) is 2. The molecule has 1 saturated heterocycles.